The molecule has 0 aromatic carbocycles. The maximum atomic E-state index is 3.50. The third kappa shape index (κ3) is 11.7. The van der Waals surface area contributed by atoms with Gasteiger partial charge in [-0.15, -0.1) is 6.42 Å². The van der Waals surface area contributed by atoms with Gasteiger partial charge in [0, 0.05) is 25.8 Å². The molecular weight excluding hydrogens is 277 g/mol. The Morgan fingerprint density at radius 2 is 2.00 bits per heavy atom. The van der Waals surface area contributed by atoms with Gasteiger partial charge in [0.05, 0.1) is 0 Å². The molecule has 0 spiro atoms. The van der Waals surface area contributed by atoms with Crippen LogP contribution in [0, 0.1) is 6.08 Å². The van der Waals surface area contributed by atoms with Crippen molar-refractivity contribution in [2.24, 2.45) is 0 Å². The van der Waals surface area contributed by atoms with Crippen LogP contribution in [0.5, 0.6) is 0 Å². The van der Waals surface area contributed by atoms with Gasteiger partial charge in [0.15, 0.2) is 0 Å². The van der Waals surface area contributed by atoms with E-state index >= 15 is 0 Å². The Morgan fingerprint density at radius 1 is 1.44 bits per heavy atom. The van der Waals surface area contributed by atoms with E-state index in [0.29, 0.717) is 0 Å². The van der Waals surface area contributed by atoms with Crippen molar-refractivity contribution in [3.05, 3.63) is 29.6 Å². The Hall–Kier alpha value is 0.310. The van der Waals surface area contributed by atoms with Crippen molar-refractivity contribution in [3.8, 4) is 0 Å². The van der Waals surface area contributed by atoms with Gasteiger partial charge in [-0.1, -0.05) is 0 Å². The third-order valence-electron chi connectivity index (χ3n) is 0.586. The van der Waals surface area contributed by atoms with Crippen LogP contribution in [0.2, 0.25) is 0 Å². The standard InChI is InChI=1S/C5H5.C2H6N.Hf/c1-2-4-5-3-1;1-3-2;/h1-3H,4H2;1-2H3;/q2*-1;. The van der Waals surface area contributed by atoms with E-state index in [1.165, 1.54) is 0 Å². The summed E-state index contributed by atoms with van der Waals surface area (Å²) in [6.45, 7) is 0. The molecule has 9 heavy (non-hydrogen) atoms. The van der Waals surface area contributed by atoms with E-state index in [1.54, 1.807) is 14.1 Å². The molecule has 0 atom stereocenters. The van der Waals surface area contributed by atoms with Gasteiger partial charge in [-0.25, -0.2) is 12.2 Å². The molecule has 1 nitrogen and oxygen atoms in total. The van der Waals surface area contributed by atoms with Gasteiger partial charge in [-0.3, -0.25) is 6.08 Å². The Bertz CT molecular complexity index is 76.9. The van der Waals surface area contributed by atoms with Crippen LogP contribution >= 0.6 is 0 Å². The van der Waals surface area contributed by atoms with Crippen molar-refractivity contribution in [3.63, 3.8) is 0 Å². The van der Waals surface area contributed by atoms with Gasteiger partial charge in [-0.05, 0) is 0 Å². The summed E-state index contributed by atoms with van der Waals surface area (Å²) < 4.78 is 0. The number of allylic oxidation sites excluding steroid dienone is 4. The van der Waals surface area contributed by atoms with Crippen LogP contribution < -0.4 is 0 Å². The van der Waals surface area contributed by atoms with Gasteiger partial charge in [0.25, 0.3) is 0 Å². The van der Waals surface area contributed by atoms with E-state index in [9.17, 15) is 0 Å². The molecule has 0 radical (unpaired) electrons. The summed E-state index contributed by atoms with van der Waals surface area (Å²) >= 11 is 0. The minimum absolute atomic E-state index is 0. The summed E-state index contributed by atoms with van der Waals surface area (Å²) in [4.78, 5) is 0. The molecule has 0 amide bonds. The number of hydrogen-bond donors (Lipinski definition) is 0. The first-order valence-corrected chi connectivity index (χ1v) is 2.61. The zero-order chi connectivity index (χ0) is 6.24. The minimum Gasteiger partial charge on any atom is -0.668 e. The van der Waals surface area contributed by atoms with E-state index in [1.807, 2.05) is 12.2 Å². The number of hydrogen-bond acceptors (Lipinski definition) is 0. The summed E-state index contributed by atoms with van der Waals surface area (Å²) in [6, 6.07) is 0. The first-order chi connectivity index (χ1) is 3.91. The average Bonchev–Trinajstić information content (AvgIpc) is 2.17. The van der Waals surface area contributed by atoms with Crippen LogP contribution in [-0.2, 0) is 25.8 Å². The topological polar surface area (TPSA) is 14.1 Å². The van der Waals surface area contributed by atoms with E-state index in [0.717, 1.165) is 6.42 Å². The Morgan fingerprint density at radius 3 is 2.11 bits per heavy atom. The van der Waals surface area contributed by atoms with Crippen LogP contribution in [0.15, 0.2) is 18.2 Å². The second-order valence-corrected chi connectivity index (χ2v) is 1.45. The van der Waals surface area contributed by atoms with Crippen LogP contribution in [0.1, 0.15) is 6.42 Å². The van der Waals surface area contributed by atoms with Crippen molar-refractivity contribution in [1.82, 2.24) is 0 Å². The molecule has 0 saturated heterocycles. The van der Waals surface area contributed by atoms with Gasteiger partial charge in [0.1, 0.15) is 0 Å². The van der Waals surface area contributed by atoms with Crippen LogP contribution in [-0.4, -0.2) is 14.1 Å². The molecule has 0 fully saturated rings. The molecule has 1 aliphatic carbocycles. The molecule has 0 saturated carbocycles. The summed E-state index contributed by atoms with van der Waals surface area (Å²) in [5.74, 6) is 0. The Kier molecular flexibility index (Phi) is 14.9. The summed E-state index contributed by atoms with van der Waals surface area (Å²) in [7, 11) is 3.50. The predicted octanol–water partition coefficient (Wildman–Crippen LogP) is 1.92. The van der Waals surface area contributed by atoms with Crippen molar-refractivity contribution in [2.75, 3.05) is 14.1 Å². The zero-order valence-corrected chi connectivity index (χ0v) is 9.48. The van der Waals surface area contributed by atoms with Gasteiger partial charge in [-0.2, -0.15) is 20.2 Å². The van der Waals surface area contributed by atoms with Crippen molar-refractivity contribution < 1.29 is 25.8 Å². The summed E-state index contributed by atoms with van der Waals surface area (Å²) in [6.07, 6.45) is 10.0. The van der Waals surface area contributed by atoms with E-state index < -0.39 is 0 Å². The molecule has 0 aromatic rings. The second-order valence-electron chi connectivity index (χ2n) is 1.45. The number of nitrogens with zero attached hydrogens (tertiary/aromatic N) is 1. The molecule has 1 aliphatic rings. The van der Waals surface area contributed by atoms with Gasteiger partial charge < -0.3 is 5.32 Å². The average molecular weight is 288 g/mol. The molecular formula is C7H11HfN-2. The number of rotatable bonds is 0. The first kappa shape index (κ1) is 12.0. The Balaban J connectivity index is 0. The van der Waals surface area contributed by atoms with Crippen LogP contribution in [0.4, 0.5) is 0 Å². The fourth-order valence-electron chi connectivity index (χ4n) is 0.340. The normalized spacial score (nSPS) is 11.8. The molecule has 0 N–H and O–H groups in total. The molecule has 1 rings (SSSR count). The molecule has 50 valence electrons. The maximum Gasteiger partial charge on any atom is 0 e. The van der Waals surface area contributed by atoms with Crippen LogP contribution in [0.3, 0.4) is 0 Å². The summed E-state index contributed by atoms with van der Waals surface area (Å²) in [5.41, 5.74) is 0. The minimum atomic E-state index is 0. The molecule has 2 heteroatoms. The van der Waals surface area contributed by atoms with Gasteiger partial charge >= 0.3 is 0 Å². The Labute approximate surface area is 76.0 Å². The smallest absolute Gasteiger partial charge is 0 e. The molecule has 0 aromatic heterocycles. The predicted molar refractivity (Wildman–Crippen MR) is 36.8 cm³/mol. The van der Waals surface area contributed by atoms with E-state index in [-0.39, 0.29) is 25.8 Å². The van der Waals surface area contributed by atoms with E-state index in [2.05, 4.69) is 17.5 Å². The molecule has 0 unspecified atom stereocenters. The van der Waals surface area contributed by atoms with Gasteiger partial charge in [0.2, 0.25) is 0 Å². The van der Waals surface area contributed by atoms with Crippen LogP contribution in [0.25, 0.3) is 5.32 Å². The van der Waals surface area contributed by atoms with E-state index in [4.69, 9.17) is 0 Å². The molecule has 0 aliphatic heterocycles. The van der Waals surface area contributed by atoms with Crippen molar-refractivity contribution in [1.29, 1.82) is 0 Å². The zero-order valence-electron chi connectivity index (χ0n) is 5.89. The van der Waals surface area contributed by atoms with Crippen molar-refractivity contribution >= 4 is 0 Å². The molecule has 0 heterocycles. The SMILES string of the molecule is C[N-]C.[C-]1=CC=CC1.[Hf]. The first-order valence-electron chi connectivity index (χ1n) is 2.61. The maximum absolute atomic E-state index is 3.50. The fraction of sp³-hybridized carbons (Fsp3) is 0.429. The summed E-state index contributed by atoms with van der Waals surface area (Å²) in [5, 5.41) is 3.50. The largest absolute Gasteiger partial charge is 0.668 e. The fourth-order valence-corrected chi connectivity index (χ4v) is 0.340. The quantitative estimate of drug-likeness (QED) is 0.477. The molecule has 0 bridgehead atoms. The monoisotopic (exact) mass is 289 g/mol. The van der Waals surface area contributed by atoms with Crippen molar-refractivity contribution in [2.45, 2.75) is 6.42 Å². The third-order valence-corrected chi connectivity index (χ3v) is 0.586. The second kappa shape index (κ2) is 11.2.